The minimum Gasteiger partial charge on any atom is -0.481 e. The van der Waals surface area contributed by atoms with Crippen LogP contribution in [-0.4, -0.2) is 35.0 Å². The normalized spacial score (nSPS) is 23.7. The van der Waals surface area contributed by atoms with Gasteiger partial charge in [-0.25, -0.2) is 0 Å². The molecule has 112 valence electrons. The molecule has 1 heterocycles. The Morgan fingerprint density at radius 1 is 1.33 bits per heavy atom. The van der Waals surface area contributed by atoms with E-state index in [1.807, 2.05) is 25.1 Å². The van der Waals surface area contributed by atoms with Crippen LogP contribution in [0.15, 0.2) is 24.3 Å². The third-order valence-electron chi connectivity index (χ3n) is 5.01. The van der Waals surface area contributed by atoms with Gasteiger partial charge in [0.05, 0.1) is 11.3 Å². The summed E-state index contributed by atoms with van der Waals surface area (Å²) in [5.74, 6) is -1.06. The number of aryl methyl sites for hydroxylation is 1. The molecule has 1 aliphatic heterocycles. The summed E-state index contributed by atoms with van der Waals surface area (Å²) in [6.07, 6.45) is 3.40. The first-order chi connectivity index (χ1) is 10.0. The Hall–Kier alpha value is -1.84. The Bertz CT molecular complexity index is 577. The molecule has 2 fully saturated rings. The first kappa shape index (κ1) is 14.1. The summed E-state index contributed by atoms with van der Waals surface area (Å²) in [6.45, 7) is 2.97. The zero-order valence-electron chi connectivity index (χ0n) is 12.3. The Labute approximate surface area is 124 Å². The first-order valence-corrected chi connectivity index (χ1v) is 7.62. The van der Waals surface area contributed by atoms with Crippen molar-refractivity contribution in [1.29, 1.82) is 0 Å². The van der Waals surface area contributed by atoms with E-state index in [4.69, 9.17) is 5.11 Å². The van der Waals surface area contributed by atoms with Crippen molar-refractivity contribution in [3.05, 3.63) is 35.4 Å². The van der Waals surface area contributed by atoms with Crippen LogP contribution >= 0.6 is 0 Å². The Morgan fingerprint density at radius 3 is 2.62 bits per heavy atom. The second kappa shape index (κ2) is 5.17. The van der Waals surface area contributed by atoms with Crippen molar-refractivity contribution < 1.29 is 14.7 Å². The standard InChI is InChI=1S/C17H21NO3/c1-12-4-2-5-14(10-12)17(7-3-8-17)16(21)18-9-6-13(11-18)15(19)20/h2,4-5,10,13H,3,6-9,11H2,1H3,(H,19,20). The molecule has 1 aromatic rings. The molecule has 0 spiro atoms. The Morgan fingerprint density at radius 2 is 2.10 bits per heavy atom. The molecular formula is C17H21NO3. The molecule has 4 heteroatoms. The summed E-state index contributed by atoms with van der Waals surface area (Å²) in [6, 6.07) is 8.18. The molecule has 2 aliphatic rings. The summed E-state index contributed by atoms with van der Waals surface area (Å²) in [5, 5.41) is 9.10. The van der Waals surface area contributed by atoms with Crippen molar-refractivity contribution in [1.82, 2.24) is 4.90 Å². The molecule has 0 aromatic heterocycles. The van der Waals surface area contributed by atoms with Crippen molar-refractivity contribution >= 4 is 11.9 Å². The lowest BCUT2D eigenvalue weighted by Gasteiger charge is -2.43. The van der Waals surface area contributed by atoms with Gasteiger partial charge in [0.2, 0.25) is 5.91 Å². The van der Waals surface area contributed by atoms with Crippen LogP contribution in [0.2, 0.25) is 0 Å². The zero-order chi connectivity index (χ0) is 15.0. The van der Waals surface area contributed by atoms with Gasteiger partial charge in [0.1, 0.15) is 0 Å². The van der Waals surface area contributed by atoms with Crippen molar-refractivity contribution in [2.45, 2.75) is 38.0 Å². The quantitative estimate of drug-likeness (QED) is 0.928. The van der Waals surface area contributed by atoms with E-state index in [2.05, 4.69) is 6.07 Å². The van der Waals surface area contributed by atoms with Gasteiger partial charge >= 0.3 is 5.97 Å². The molecule has 1 amide bonds. The topological polar surface area (TPSA) is 57.6 Å². The van der Waals surface area contributed by atoms with Crippen LogP contribution in [0.3, 0.4) is 0 Å². The van der Waals surface area contributed by atoms with Gasteiger partial charge in [-0.05, 0) is 31.7 Å². The maximum atomic E-state index is 13.0. The van der Waals surface area contributed by atoms with E-state index < -0.39 is 17.3 Å². The Balaban J connectivity index is 1.83. The molecule has 0 bridgehead atoms. The van der Waals surface area contributed by atoms with Crippen molar-refractivity contribution in [2.24, 2.45) is 5.92 Å². The summed E-state index contributed by atoms with van der Waals surface area (Å²) in [7, 11) is 0. The predicted octanol–water partition coefficient (Wildman–Crippen LogP) is 2.35. The van der Waals surface area contributed by atoms with Gasteiger partial charge in [0.15, 0.2) is 0 Å². The number of aliphatic carboxylic acids is 1. The van der Waals surface area contributed by atoms with Crippen LogP contribution in [0.5, 0.6) is 0 Å². The van der Waals surface area contributed by atoms with Crippen molar-refractivity contribution in [3.63, 3.8) is 0 Å². The SMILES string of the molecule is Cc1cccc(C2(C(=O)N3CCC(C(=O)O)C3)CCC2)c1. The number of carboxylic acids is 1. The minimum atomic E-state index is -0.788. The van der Waals surface area contributed by atoms with Gasteiger partial charge in [-0.1, -0.05) is 36.2 Å². The highest BCUT2D eigenvalue weighted by Gasteiger charge is 2.49. The van der Waals surface area contributed by atoms with Crippen LogP contribution in [-0.2, 0) is 15.0 Å². The minimum absolute atomic E-state index is 0.128. The fourth-order valence-corrected chi connectivity index (χ4v) is 3.55. The van der Waals surface area contributed by atoms with Crippen LogP contribution in [0.4, 0.5) is 0 Å². The number of benzene rings is 1. The highest BCUT2D eigenvalue weighted by atomic mass is 16.4. The third kappa shape index (κ3) is 2.33. The van der Waals surface area contributed by atoms with E-state index in [1.54, 1.807) is 4.90 Å². The largest absolute Gasteiger partial charge is 0.481 e. The molecule has 1 atom stereocenters. The summed E-state index contributed by atoms with van der Waals surface area (Å²) < 4.78 is 0. The van der Waals surface area contributed by atoms with E-state index >= 15 is 0 Å². The lowest BCUT2D eigenvalue weighted by molar-refractivity contribution is -0.142. The summed E-state index contributed by atoms with van der Waals surface area (Å²) in [4.78, 5) is 25.8. The number of rotatable bonds is 3. The number of carbonyl (C=O) groups excluding carboxylic acids is 1. The second-order valence-electron chi connectivity index (χ2n) is 6.38. The lowest BCUT2D eigenvalue weighted by atomic mass is 9.63. The van der Waals surface area contributed by atoms with Gasteiger partial charge in [-0.3, -0.25) is 9.59 Å². The maximum absolute atomic E-state index is 13.0. The molecule has 0 radical (unpaired) electrons. The molecule has 1 aromatic carbocycles. The van der Waals surface area contributed by atoms with Crippen LogP contribution in [0.1, 0.15) is 36.8 Å². The number of likely N-dealkylation sites (tertiary alicyclic amines) is 1. The number of hydrogen-bond acceptors (Lipinski definition) is 2. The maximum Gasteiger partial charge on any atom is 0.308 e. The monoisotopic (exact) mass is 287 g/mol. The van der Waals surface area contributed by atoms with E-state index in [1.165, 1.54) is 0 Å². The van der Waals surface area contributed by atoms with Crippen LogP contribution < -0.4 is 0 Å². The molecule has 21 heavy (non-hydrogen) atoms. The number of nitrogens with zero attached hydrogens (tertiary/aromatic N) is 1. The number of carboxylic acid groups (broad SMARTS) is 1. The average Bonchev–Trinajstić information content (AvgIpc) is 2.87. The number of hydrogen-bond donors (Lipinski definition) is 1. The van der Waals surface area contributed by atoms with E-state index in [0.29, 0.717) is 19.5 Å². The molecule has 1 N–H and O–H groups in total. The summed E-state index contributed by atoms with van der Waals surface area (Å²) >= 11 is 0. The highest BCUT2D eigenvalue weighted by Crippen LogP contribution is 2.46. The lowest BCUT2D eigenvalue weighted by Crippen LogP contribution is -2.50. The van der Waals surface area contributed by atoms with Gasteiger partial charge < -0.3 is 10.0 Å². The fraction of sp³-hybridized carbons (Fsp3) is 0.529. The van der Waals surface area contributed by atoms with Gasteiger partial charge in [0, 0.05) is 13.1 Å². The van der Waals surface area contributed by atoms with Crippen LogP contribution in [0, 0.1) is 12.8 Å². The molecule has 1 saturated carbocycles. The number of carbonyl (C=O) groups is 2. The van der Waals surface area contributed by atoms with E-state index in [0.717, 1.165) is 30.4 Å². The zero-order valence-corrected chi connectivity index (χ0v) is 12.3. The fourth-order valence-electron chi connectivity index (χ4n) is 3.55. The molecule has 3 rings (SSSR count). The van der Waals surface area contributed by atoms with Crippen LogP contribution in [0.25, 0.3) is 0 Å². The highest BCUT2D eigenvalue weighted by molar-refractivity contribution is 5.90. The third-order valence-corrected chi connectivity index (χ3v) is 5.01. The second-order valence-corrected chi connectivity index (χ2v) is 6.38. The molecule has 1 unspecified atom stereocenters. The van der Waals surface area contributed by atoms with E-state index in [9.17, 15) is 9.59 Å². The van der Waals surface area contributed by atoms with Crippen molar-refractivity contribution in [2.75, 3.05) is 13.1 Å². The molecule has 1 aliphatic carbocycles. The smallest absolute Gasteiger partial charge is 0.308 e. The molecular weight excluding hydrogens is 266 g/mol. The van der Waals surface area contributed by atoms with Crippen molar-refractivity contribution in [3.8, 4) is 0 Å². The average molecular weight is 287 g/mol. The van der Waals surface area contributed by atoms with Gasteiger partial charge in [-0.2, -0.15) is 0 Å². The molecule has 4 nitrogen and oxygen atoms in total. The first-order valence-electron chi connectivity index (χ1n) is 7.62. The summed E-state index contributed by atoms with van der Waals surface area (Å²) in [5.41, 5.74) is 1.85. The predicted molar refractivity (Wildman–Crippen MR) is 79.0 cm³/mol. The van der Waals surface area contributed by atoms with E-state index in [-0.39, 0.29) is 5.91 Å². The number of amides is 1. The van der Waals surface area contributed by atoms with Gasteiger partial charge in [0.25, 0.3) is 0 Å². The van der Waals surface area contributed by atoms with Gasteiger partial charge in [-0.15, -0.1) is 0 Å². The molecule has 1 saturated heterocycles. The Kier molecular flexibility index (Phi) is 3.47.